The molecule has 1 heterocycles. The van der Waals surface area contributed by atoms with Crippen LogP contribution in [0.2, 0.25) is 0 Å². The number of rotatable bonds is 3. The Morgan fingerprint density at radius 1 is 1.50 bits per heavy atom. The Morgan fingerprint density at radius 3 is 2.72 bits per heavy atom. The summed E-state index contributed by atoms with van der Waals surface area (Å²) < 4.78 is 1.80. The Kier molecular flexibility index (Phi) is 3.65. The number of carbonyl (C=O) groups excluding carboxylic acids is 1. The Morgan fingerprint density at radius 2 is 2.17 bits per heavy atom. The summed E-state index contributed by atoms with van der Waals surface area (Å²) in [6.07, 6.45) is 6.39. The third-order valence-corrected chi connectivity index (χ3v) is 3.68. The molecule has 0 aromatic carbocycles. The lowest BCUT2D eigenvalue weighted by Gasteiger charge is -2.32. The van der Waals surface area contributed by atoms with E-state index >= 15 is 0 Å². The molecular weight excluding hydrogens is 230 g/mol. The van der Waals surface area contributed by atoms with Gasteiger partial charge >= 0.3 is 0 Å². The maximum absolute atomic E-state index is 12.2. The molecule has 3 N–H and O–H groups in total. The molecule has 1 aliphatic carbocycles. The smallest absolute Gasteiger partial charge is 0.240 e. The van der Waals surface area contributed by atoms with Crippen LogP contribution in [0, 0.1) is 0 Å². The SMILES string of the molecule is CC(NC(=O)C1(N)CCCCC1)c1nncn1C. The molecule has 18 heavy (non-hydrogen) atoms. The van der Waals surface area contributed by atoms with E-state index in [0.717, 1.165) is 31.5 Å². The largest absolute Gasteiger partial charge is 0.345 e. The predicted octanol–water partition coefficient (Wildman–Crippen LogP) is 0.654. The Bertz CT molecular complexity index is 422. The summed E-state index contributed by atoms with van der Waals surface area (Å²) in [4.78, 5) is 12.2. The summed E-state index contributed by atoms with van der Waals surface area (Å²) in [7, 11) is 1.86. The zero-order valence-corrected chi connectivity index (χ0v) is 11.0. The molecule has 0 spiro atoms. The van der Waals surface area contributed by atoms with Crippen LogP contribution >= 0.6 is 0 Å². The van der Waals surface area contributed by atoms with E-state index in [2.05, 4.69) is 15.5 Å². The van der Waals surface area contributed by atoms with Crippen molar-refractivity contribution in [3.63, 3.8) is 0 Å². The highest BCUT2D eigenvalue weighted by Gasteiger charge is 2.36. The molecule has 1 saturated carbocycles. The summed E-state index contributed by atoms with van der Waals surface area (Å²) in [5.41, 5.74) is 5.48. The minimum absolute atomic E-state index is 0.0716. The highest BCUT2D eigenvalue weighted by Crippen LogP contribution is 2.26. The minimum Gasteiger partial charge on any atom is -0.345 e. The maximum atomic E-state index is 12.2. The van der Waals surface area contributed by atoms with E-state index in [4.69, 9.17) is 5.73 Å². The third kappa shape index (κ3) is 2.53. The topological polar surface area (TPSA) is 85.8 Å². The van der Waals surface area contributed by atoms with Crippen molar-refractivity contribution < 1.29 is 4.79 Å². The number of hydrogen-bond donors (Lipinski definition) is 2. The van der Waals surface area contributed by atoms with Crippen molar-refractivity contribution in [3.8, 4) is 0 Å². The fourth-order valence-corrected chi connectivity index (χ4v) is 2.50. The molecular formula is C12H21N5O. The predicted molar refractivity (Wildman–Crippen MR) is 67.6 cm³/mol. The quantitative estimate of drug-likeness (QED) is 0.826. The lowest BCUT2D eigenvalue weighted by atomic mass is 9.82. The highest BCUT2D eigenvalue weighted by atomic mass is 16.2. The van der Waals surface area contributed by atoms with Crippen molar-refractivity contribution in [2.45, 2.75) is 50.6 Å². The number of aromatic nitrogens is 3. The molecule has 2 rings (SSSR count). The van der Waals surface area contributed by atoms with E-state index in [0.29, 0.717) is 0 Å². The van der Waals surface area contributed by atoms with Crippen molar-refractivity contribution in [2.75, 3.05) is 0 Å². The van der Waals surface area contributed by atoms with Crippen molar-refractivity contribution in [3.05, 3.63) is 12.2 Å². The summed E-state index contributed by atoms with van der Waals surface area (Å²) in [5.74, 6) is 0.667. The second-order valence-corrected chi connectivity index (χ2v) is 5.21. The molecule has 1 amide bonds. The van der Waals surface area contributed by atoms with E-state index in [9.17, 15) is 4.79 Å². The van der Waals surface area contributed by atoms with Crippen LogP contribution in [0.1, 0.15) is 50.9 Å². The zero-order chi connectivity index (χ0) is 13.2. The summed E-state index contributed by atoms with van der Waals surface area (Å²) in [6.45, 7) is 1.90. The average Bonchev–Trinajstić information content (AvgIpc) is 2.76. The zero-order valence-electron chi connectivity index (χ0n) is 11.0. The number of hydrogen-bond acceptors (Lipinski definition) is 4. The van der Waals surface area contributed by atoms with Gasteiger partial charge in [0.25, 0.3) is 0 Å². The van der Waals surface area contributed by atoms with Gasteiger partial charge in [-0.1, -0.05) is 19.3 Å². The number of nitrogens with two attached hydrogens (primary N) is 1. The van der Waals surface area contributed by atoms with Gasteiger partial charge in [0, 0.05) is 7.05 Å². The fraction of sp³-hybridized carbons (Fsp3) is 0.750. The number of amides is 1. The van der Waals surface area contributed by atoms with Crippen molar-refractivity contribution in [2.24, 2.45) is 12.8 Å². The number of carbonyl (C=O) groups is 1. The van der Waals surface area contributed by atoms with Crippen LogP contribution in [0.3, 0.4) is 0 Å². The van der Waals surface area contributed by atoms with E-state index in [1.54, 1.807) is 10.9 Å². The van der Waals surface area contributed by atoms with Crippen LogP contribution in [0.5, 0.6) is 0 Å². The van der Waals surface area contributed by atoms with E-state index < -0.39 is 5.54 Å². The Balaban J connectivity index is 2.01. The first-order chi connectivity index (χ1) is 8.53. The molecule has 1 aliphatic rings. The van der Waals surface area contributed by atoms with Gasteiger partial charge in [-0.2, -0.15) is 0 Å². The van der Waals surface area contributed by atoms with E-state index in [1.165, 1.54) is 6.42 Å². The average molecular weight is 251 g/mol. The van der Waals surface area contributed by atoms with Gasteiger partial charge in [0.15, 0.2) is 5.82 Å². The standard InChI is InChI=1S/C12H21N5O/c1-9(10-16-14-8-17(10)2)15-11(18)12(13)6-4-3-5-7-12/h8-9H,3-7,13H2,1-2H3,(H,15,18). The van der Waals surface area contributed by atoms with Gasteiger partial charge in [0.1, 0.15) is 6.33 Å². The molecule has 6 nitrogen and oxygen atoms in total. The molecule has 100 valence electrons. The normalized spacial score (nSPS) is 20.4. The van der Waals surface area contributed by atoms with Crippen LogP contribution < -0.4 is 11.1 Å². The molecule has 1 atom stereocenters. The third-order valence-electron chi connectivity index (χ3n) is 3.68. The van der Waals surface area contributed by atoms with Crippen LogP contribution in [0.15, 0.2) is 6.33 Å². The first-order valence-electron chi connectivity index (χ1n) is 6.47. The van der Waals surface area contributed by atoms with Gasteiger partial charge in [-0.3, -0.25) is 4.79 Å². The molecule has 0 bridgehead atoms. The van der Waals surface area contributed by atoms with Gasteiger partial charge < -0.3 is 15.6 Å². The van der Waals surface area contributed by atoms with Gasteiger partial charge in [0.2, 0.25) is 5.91 Å². The number of aryl methyl sites for hydroxylation is 1. The van der Waals surface area contributed by atoms with E-state index in [1.807, 2.05) is 14.0 Å². The molecule has 1 aromatic heterocycles. The van der Waals surface area contributed by atoms with Crippen LogP contribution in [-0.4, -0.2) is 26.2 Å². The molecule has 1 fully saturated rings. The molecule has 1 aromatic rings. The van der Waals surface area contributed by atoms with E-state index in [-0.39, 0.29) is 11.9 Å². The minimum atomic E-state index is -0.703. The highest BCUT2D eigenvalue weighted by molar-refractivity contribution is 5.86. The molecule has 0 aliphatic heterocycles. The second kappa shape index (κ2) is 5.06. The van der Waals surface area contributed by atoms with Gasteiger partial charge in [-0.05, 0) is 19.8 Å². The Labute approximate surface area is 107 Å². The summed E-state index contributed by atoms with van der Waals surface area (Å²) in [6, 6.07) is -0.174. The lowest BCUT2D eigenvalue weighted by Crippen LogP contribution is -2.55. The summed E-state index contributed by atoms with van der Waals surface area (Å²) in [5, 5.41) is 10.8. The lowest BCUT2D eigenvalue weighted by molar-refractivity contribution is -0.128. The van der Waals surface area contributed by atoms with Gasteiger partial charge in [0.05, 0.1) is 11.6 Å². The molecule has 6 heteroatoms. The van der Waals surface area contributed by atoms with Crippen molar-refractivity contribution in [1.29, 1.82) is 0 Å². The number of nitrogens with zero attached hydrogens (tertiary/aromatic N) is 3. The number of nitrogens with one attached hydrogen (secondary N) is 1. The second-order valence-electron chi connectivity index (χ2n) is 5.21. The van der Waals surface area contributed by atoms with Crippen LogP contribution in [0.4, 0.5) is 0 Å². The molecule has 1 unspecified atom stereocenters. The summed E-state index contributed by atoms with van der Waals surface area (Å²) >= 11 is 0. The van der Waals surface area contributed by atoms with Gasteiger partial charge in [-0.15, -0.1) is 10.2 Å². The first-order valence-corrected chi connectivity index (χ1v) is 6.47. The maximum Gasteiger partial charge on any atom is 0.240 e. The molecule has 0 radical (unpaired) electrons. The van der Waals surface area contributed by atoms with Crippen LogP contribution in [0.25, 0.3) is 0 Å². The molecule has 0 saturated heterocycles. The fourth-order valence-electron chi connectivity index (χ4n) is 2.50. The van der Waals surface area contributed by atoms with Crippen LogP contribution in [-0.2, 0) is 11.8 Å². The van der Waals surface area contributed by atoms with Gasteiger partial charge in [-0.25, -0.2) is 0 Å². The Hall–Kier alpha value is -1.43. The monoisotopic (exact) mass is 251 g/mol. The first kappa shape index (κ1) is 13.0. The van der Waals surface area contributed by atoms with Crippen molar-refractivity contribution >= 4 is 5.91 Å². The van der Waals surface area contributed by atoms with Crippen molar-refractivity contribution in [1.82, 2.24) is 20.1 Å².